The molecule has 2 N–H and O–H groups in total. The zero-order chi connectivity index (χ0) is 21.0. The van der Waals surface area contributed by atoms with Crippen LogP contribution in [-0.2, 0) is 17.6 Å². The fourth-order valence-corrected chi connectivity index (χ4v) is 3.69. The van der Waals surface area contributed by atoms with Crippen molar-refractivity contribution in [1.82, 2.24) is 4.98 Å². The number of H-pyrrole nitrogens is 1. The number of aliphatic carboxylic acids is 1. The van der Waals surface area contributed by atoms with Gasteiger partial charge in [0.05, 0.1) is 33.4 Å². The van der Waals surface area contributed by atoms with Gasteiger partial charge in [-0.1, -0.05) is 19.4 Å². The Morgan fingerprint density at radius 2 is 1.79 bits per heavy atom. The largest absolute Gasteiger partial charge is 0.493 e. The summed E-state index contributed by atoms with van der Waals surface area (Å²) < 4.78 is 16.5. The van der Waals surface area contributed by atoms with Crippen molar-refractivity contribution < 1.29 is 24.1 Å². The second kappa shape index (κ2) is 8.90. The molecular weight excluding hydrogens is 370 g/mol. The first-order chi connectivity index (χ1) is 14.0. The molecule has 0 atom stereocenters. The lowest BCUT2D eigenvalue weighted by atomic mass is 9.99. The van der Waals surface area contributed by atoms with Crippen LogP contribution in [0.1, 0.15) is 30.9 Å². The molecule has 0 aliphatic carbocycles. The molecule has 0 radical (unpaired) electrons. The number of nitrogens with one attached hydrogen (secondary N) is 1. The van der Waals surface area contributed by atoms with Crippen LogP contribution in [0.25, 0.3) is 22.2 Å². The number of fused-ring (bicyclic) bond motifs is 1. The Morgan fingerprint density at radius 3 is 2.41 bits per heavy atom. The highest BCUT2D eigenvalue weighted by molar-refractivity contribution is 5.95. The number of hydrogen-bond acceptors (Lipinski definition) is 4. The van der Waals surface area contributed by atoms with Crippen molar-refractivity contribution in [3.05, 3.63) is 41.5 Å². The van der Waals surface area contributed by atoms with E-state index in [9.17, 15) is 9.90 Å². The smallest absolute Gasteiger partial charge is 0.307 e. The predicted octanol–water partition coefficient (Wildman–Crippen LogP) is 4.83. The fraction of sp³-hybridized carbons (Fsp3) is 0.348. The van der Waals surface area contributed by atoms with Crippen LogP contribution < -0.4 is 14.2 Å². The summed E-state index contributed by atoms with van der Waals surface area (Å²) in [6, 6.07) is 9.85. The van der Waals surface area contributed by atoms with E-state index in [4.69, 9.17) is 14.2 Å². The number of aromatic amines is 1. The second-order valence-electron chi connectivity index (χ2n) is 6.91. The second-order valence-corrected chi connectivity index (χ2v) is 6.91. The molecule has 1 heterocycles. The molecule has 154 valence electrons. The highest BCUT2D eigenvalue weighted by atomic mass is 16.5. The molecule has 3 rings (SSSR count). The van der Waals surface area contributed by atoms with Gasteiger partial charge in [-0.15, -0.1) is 0 Å². The van der Waals surface area contributed by atoms with E-state index >= 15 is 0 Å². The molecule has 29 heavy (non-hydrogen) atoms. The van der Waals surface area contributed by atoms with E-state index in [0.717, 1.165) is 41.3 Å². The molecule has 6 heteroatoms. The molecule has 6 nitrogen and oxygen atoms in total. The van der Waals surface area contributed by atoms with Gasteiger partial charge in [0.1, 0.15) is 0 Å². The number of aromatic nitrogens is 1. The van der Waals surface area contributed by atoms with Gasteiger partial charge in [0.25, 0.3) is 0 Å². The Labute approximate surface area is 170 Å². The molecular formula is C23H27NO5. The summed E-state index contributed by atoms with van der Waals surface area (Å²) >= 11 is 0. The summed E-state index contributed by atoms with van der Waals surface area (Å²) in [6.45, 7) is 2.16. The lowest BCUT2D eigenvalue weighted by Gasteiger charge is -2.16. The standard InChI is InChI=1S/C23H27NO5/c1-5-6-7-14-8-10-18-16(12-14)17(13-20(25)26)21(24-18)15-9-11-19(27-2)23(29-4)22(15)28-3/h8-12,24H,5-7,13H2,1-4H3,(H,25,26). The molecule has 2 aromatic carbocycles. The van der Waals surface area contributed by atoms with E-state index < -0.39 is 5.97 Å². The molecule has 0 saturated carbocycles. The third-order valence-corrected chi connectivity index (χ3v) is 5.09. The van der Waals surface area contributed by atoms with Gasteiger partial charge in [-0.2, -0.15) is 0 Å². The number of hydrogen-bond donors (Lipinski definition) is 2. The predicted molar refractivity (Wildman–Crippen MR) is 113 cm³/mol. The number of carbonyl (C=O) groups is 1. The molecule has 0 unspecified atom stereocenters. The molecule has 1 aromatic heterocycles. The van der Waals surface area contributed by atoms with Crippen LogP contribution in [-0.4, -0.2) is 37.4 Å². The van der Waals surface area contributed by atoms with Crippen LogP contribution >= 0.6 is 0 Å². The number of carboxylic acid groups (broad SMARTS) is 1. The maximum absolute atomic E-state index is 11.6. The summed E-state index contributed by atoms with van der Waals surface area (Å²) in [5.74, 6) is 0.628. The molecule has 0 aliphatic heterocycles. The zero-order valence-electron chi connectivity index (χ0n) is 17.3. The highest BCUT2D eigenvalue weighted by Gasteiger charge is 2.23. The van der Waals surface area contributed by atoms with Gasteiger partial charge in [-0.25, -0.2) is 0 Å². The fourth-order valence-electron chi connectivity index (χ4n) is 3.69. The Kier molecular flexibility index (Phi) is 6.32. The van der Waals surface area contributed by atoms with Crippen LogP contribution in [0.3, 0.4) is 0 Å². The Balaban J connectivity index is 2.24. The van der Waals surface area contributed by atoms with Gasteiger partial charge in [-0.05, 0) is 48.2 Å². The minimum absolute atomic E-state index is 0.0932. The van der Waals surface area contributed by atoms with Gasteiger partial charge < -0.3 is 24.3 Å². The number of methoxy groups -OCH3 is 3. The van der Waals surface area contributed by atoms with Crippen molar-refractivity contribution in [2.24, 2.45) is 0 Å². The molecule has 0 aliphatic rings. The highest BCUT2D eigenvalue weighted by Crippen LogP contribution is 2.46. The summed E-state index contributed by atoms with van der Waals surface area (Å²) in [7, 11) is 4.67. The number of carboxylic acids is 1. The molecule has 0 amide bonds. The number of ether oxygens (including phenoxy) is 3. The Hall–Kier alpha value is -3.15. The minimum Gasteiger partial charge on any atom is -0.493 e. The number of benzene rings is 2. The van der Waals surface area contributed by atoms with Gasteiger partial charge in [0, 0.05) is 16.5 Å². The lowest BCUT2D eigenvalue weighted by molar-refractivity contribution is -0.136. The van der Waals surface area contributed by atoms with Crippen molar-refractivity contribution >= 4 is 16.9 Å². The number of rotatable bonds is 9. The average molecular weight is 397 g/mol. The van der Waals surface area contributed by atoms with E-state index in [1.807, 2.05) is 12.1 Å². The minimum atomic E-state index is -0.884. The third-order valence-electron chi connectivity index (χ3n) is 5.09. The quantitative estimate of drug-likeness (QED) is 0.540. The molecule has 3 aromatic rings. The summed E-state index contributed by atoms with van der Waals surface area (Å²) in [5, 5.41) is 10.5. The van der Waals surface area contributed by atoms with Crippen molar-refractivity contribution in [3.8, 4) is 28.5 Å². The maximum Gasteiger partial charge on any atom is 0.307 e. The van der Waals surface area contributed by atoms with Crippen LogP contribution in [0.15, 0.2) is 30.3 Å². The molecule has 0 fully saturated rings. The Morgan fingerprint density at radius 1 is 1.03 bits per heavy atom. The van der Waals surface area contributed by atoms with Crippen LogP contribution in [0, 0.1) is 0 Å². The van der Waals surface area contributed by atoms with Crippen LogP contribution in [0.2, 0.25) is 0 Å². The first kappa shape index (κ1) is 20.6. The molecule has 0 bridgehead atoms. The van der Waals surface area contributed by atoms with Crippen molar-refractivity contribution in [2.45, 2.75) is 32.6 Å². The van der Waals surface area contributed by atoms with E-state index in [0.29, 0.717) is 22.9 Å². The summed E-state index contributed by atoms with van der Waals surface area (Å²) in [5.41, 5.74) is 4.28. The van der Waals surface area contributed by atoms with Crippen molar-refractivity contribution in [2.75, 3.05) is 21.3 Å². The van der Waals surface area contributed by atoms with E-state index in [2.05, 4.69) is 24.0 Å². The van der Waals surface area contributed by atoms with E-state index in [1.165, 1.54) is 5.56 Å². The van der Waals surface area contributed by atoms with Gasteiger partial charge >= 0.3 is 5.97 Å². The van der Waals surface area contributed by atoms with Gasteiger partial charge in [0.15, 0.2) is 11.5 Å². The lowest BCUT2D eigenvalue weighted by Crippen LogP contribution is -2.02. The van der Waals surface area contributed by atoms with Gasteiger partial charge in [0.2, 0.25) is 5.75 Å². The Bertz CT molecular complexity index is 1020. The SMILES string of the molecule is CCCCc1ccc2[nH]c(-c3ccc(OC)c(OC)c3OC)c(CC(=O)O)c2c1. The molecule has 0 saturated heterocycles. The van der Waals surface area contributed by atoms with Gasteiger partial charge in [-0.3, -0.25) is 4.79 Å². The van der Waals surface area contributed by atoms with E-state index in [-0.39, 0.29) is 6.42 Å². The third kappa shape index (κ3) is 4.01. The first-order valence-electron chi connectivity index (χ1n) is 9.68. The van der Waals surface area contributed by atoms with Crippen LogP contribution in [0.5, 0.6) is 17.2 Å². The maximum atomic E-state index is 11.6. The topological polar surface area (TPSA) is 80.8 Å². The molecule has 0 spiro atoms. The van der Waals surface area contributed by atoms with Crippen LogP contribution in [0.4, 0.5) is 0 Å². The number of aryl methyl sites for hydroxylation is 1. The average Bonchev–Trinajstić information content (AvgIpc) is 3.07. The van der Waals surface area contributed by atoms with Crippen molar-refractivity contribution in [1.29, 1.82) is 0 Å². The summed E-state index contributed by atoms with van der Waals surface area (Å²) in [4.78, 5) is 15.0. The summed E-state index contributed by atoms with van der Waals surface area (Å²) in [6.07, 6.45) is 3.09. The van der Waals surface area contributed by atoms with E-state index in [1.54, 1.807) is 27.4 Å². The number of unbranched alkanes of at least 4 members (excludes halogenated alkanes) is 1. The van der Waals surface area contributed by atoms with Crippen molar-refractivity contribution in [3.63, 3.8) is 0 Å². The zero-order valence-corrected chi connectivity index (χ0v) is 17.3. The monoisotopic (exact) mass is 397 g/mol. The normalized spacial score (nSPS) is 10.9. The first-order valence-corrected chi connectivity index (χ1v) is 9.68.